The van der Waals surface area contributed by atoms with Crippen LogP contribution >= 0.6 is 28.3 Å². The lowest BCUT2D eigenvalue weighted by Gasteiger charge is -2.04. The molecule has 68 valence electrons. The van der Waals surface area contributed by atoms with Gasteiger partial charge in [-0.05, 0) is 31.0 Å². The molecule has 0 aromatic heterocycles. The zero-order valence-electron chi connectivity index (χ0n) is 6.96. The van der Waals surface area contributed by atoms with Crippen LogP contribution in [0.15, 0.2) is 28.7 Å². The third-order valence-corrected chi connectivity index (χ3v) is 1.94. The Labute approximate surface area is 87.9 Å². The van der Waals surface area contributed by atoms with Crippen molar-refractivity contribution in [2.24, 2.45) is 5.73 Å². The Bertz CT molecular complexity index is 238. The van der Waals surface area contributed by atoms with Gasteiger partial charge in [0.2, 0.25) is 0 Å². The minimum atomic E-state index is 0. The lowest BCUT2D eigenvalue weighted by Crippen LogP contribution is -2.17. The van der Waals surface area contributed by atoms with Crippen LogP contribution in [-0.2, 0) is 6.42 Å². The summed E-state index contributed by atoms with van der Waals surface area (Å²) >= 11 is 3.41. The highest BCUT2D eigenvalue weighted by molar-refractivity contribution is 9.10. The van der Waals surface area contributed by atoms with Crippen LogP contribution in [0.1, 0.15) is 12.5 Å². The van der Waals surface area contributed by atoms with Gasteiger partial charge >= 0.3 is 0 Å². The number of nitrogens with two attached hydrogens (primary N) is 1. The molecule has 0 heterocycles. The third-order valence-electron chi connectivity index (χ3n) is 1.45. The molecule has 1 unspecified atom stereocenters. The van der Waals surface area contributed by atoms with E-state index in [4.69, 9.17) is 5.73 Å². The standard InChI is InChI=1S/C9H12BrN.ClH/c1-7(11)5-8-3-2-4-9(10)6-8;/h2-4,6-7H,5,11H2,1H3;1H. The summed E-state index contributed by atoms with van der Waals surface area (Å²) < 4.78 is 1.12. The molecule has 1 rings (SSSR count). The average molecular weight is 251 g/mol. The van der Waals surface area contributed by atoms with Gasteiger partial charge in [0, 0.05) is 10.5 Å². The van der Waals surface area contributed by atoms with Gasteiger partial charge in [-0.1, -0.05) is 28.1 Å². The summed E-state index contributed by atoms with van der Waals surface area (Å²) in [6, 6.07) is 8.48. The molecule has 0 saturated heterocycles. The van der Waals surface area contributed by atoms with Gasteiger partial charge in [-0.2, -0.15) is 0 Å². The zero-order valence-corrected chi connectivity index (χ0v) is 9.36. The van der Waals surface area contributed by atoms with E-state index >= 15 is 0 Å². The van der Waals surface area contributed by atoms with Gasteiger partial charge in [-0.3, -0.25) is 0 Å². The maximum absolute atomic E-state index is 5.66. The molecular weight excluding hydrogens is 237 g/mol. The van der Waals surface area contributed by atoms with Gasteiger partial charge in [0.1, 0.15) is 0 Å². The van der Waals surface area contributed by atoms with Crippen LogP contribution in [-0.4, -0.2) is 6.04 Å². The molecular formula is C9H13BrClN. The molecule has 0 spiro atoms. The molecule has 0 aliphatic rings. The van der Waals surface area contributed by atoms with Crippen molar-refractivity contribution in [2.45, 2.75) is 19.4 Å². The zero-order chi connectivity index (χ0) is 8.27. The number of hydrogen-bond acceptors (Lipinski definition) is 1. The largest absolute Gasteiger partial charge is 0.328 e. The second-order valence-electron chi connectivity index (χ2n) is 2.81. The Balaban J connectivity index is 0.00000121. The third kappa shape index (κ3) is 4.10. The van der Waals surface area contributed by atoms with E-state index in [1.54, 1.807) is 0 Å². The SMILES string of the molecule is CC(N)Cc1cccc(Br)c1.Cl. The van der Waals surface area contributed by atoms with Crippen molar-refractivity contribution in [3.05, 3.63) is 34.3 Å². The Morgan fingerprint density at radius 1 is 1.50 bits per heavy atom. The molecule has 0 saturated carbocycles. The Kier molecular flexibility index (Phi) is 5.55. The van der Waals surface area contributed by atoms with Gasteiger partial charge in [0.15, 0.2) is 0 Å². The maximum Gasteiger partial charge on any atom is 0.0178 e. The fraction of sp³-hybridized carbons (Fsp3) is 0.333. The molecule has 12 heavy (non-hydrogen) atoms. The van der Waals surface area contributed by atoms with Crippen LogP contribution in [0.2, 0.25) is 0 Å². The summed E-state index contributed by atoms with van der Waals surface area (Å²) in [5.74, 6) is 0. The first-order chi connectivity index (χ1) is 5.18. The van der Waals surface area contributed by atoms with Gasteiger partial charge in [-0.15, -0.1) is 12.4 Å². The summed E-state index contributed by atoms with van der Waals surface area (Å²) in [5, 5.41) is 0. The molecule has 2 N–H and O–H groups in total. The van der Waals surface area contributed by atoms with Crippen molar-refractivity contribution in [3.63, 3.8) is 0 Å². The van der Waals surface area contributed by atoms with E-state index in [0.717, 1.165) is 10.9 Å². The van der Waals surface area contributed by atoms with Crippen LogP contribution in [0.5, 0.6) is 0 Å². The summed E-state index contributed by atoms with van der Waals surface area (Å²) in [6.45, 7) is 2.01. The maximum atomic E-state index is 5.66. The molecule has 1 atom stereocenters. The van der Waals surface area contributed by atoms with Gasteiger partial charge in [0.05, 0.1) is 0 Å². The highest BCUT2D eigenvalue weighted by Gasteiger charge is 1.96. The fourth-order valence-corrected chi connectivity index (χ4v) is 1.48. The number of halogens is 2. The van der Waals surface area contributed by atoms with Crippen molar-refractivity contribution >= 4 is 28.3 Å². The predicted octanol–water partition coefficient (Wildman–Crippen LogP) is 2.76. The van der Waals surface area contributed by atoms with Crippen molar-refractivity contribution in [1.29, 1.82) is 0 Å². The Hall–Kier alpha value is -0.0500. The van der Waals surface area contributed by atoms with Gasteiger partial charge < -0.3 is 5.73 Å². The van der Waals surface area contributed by atoms with E-state index in [2.05, 4.69) is 28.1 Å². The number of hydrogen-bond donors (Lipinski definition) is 1. The monoisotopic (exact) mass is 249 g/mol. The number of rotatable bonds is 2. The molecule has 0 aliphatic heterocycles. The van der Waals surface area contributed by atoms with Crippen LogP contribution in [0, 0.1) is 0 Å². The van der Waals surface area contributed by atoms with Gasteiger partial charge in [0.25, 0.3) is 0 Å². The minimum Gasteiger partial charge on any atom is -0.328 e. The minimum absolute atomic E-state index is 0. The lowest BCUT2D eigenvalue weighted by atomic mass is 10.1. The molecule has 0 radical (unpaired) electrons. The molecule has 1 aromatic carbocycles. The Morgan fingerprint density at radius 3 is 2.67 bits per heavy atom. The second-order valence-corrected chi connectivity index (χ2v) is 3.73. The van der Waals surface area contributed by atoms with Crippen LogP contribution in [0.25, 0.3) is 0 Å². The average Bonchev–Trinajstić information content (AvgIpc) is 1.85. The summed E-state index contributed by atoms with van der Waals surface area (Å²) in [6.07, 6.45) is 0.944. The van der Waals surface area contributed by atoms with E-state index in [1.165, 1.54) is 5.56 Å². The van der Waals surface area contributed by atoms with Crippen molar-refractivity contribution in [3.8, 4) is 0 Å². The Morgan fingerprint density at radius 2 is 2.17 bits per heavy atom. The quantitative estimate of drug-likeness (QED) is 0.858. The fourth-order valence-electron chi connectivity index (χ4n) is 1.04. The van der Waals surface area contributed by atoms with Crippen molar-refractivity contribution in [2.75, 3.05) is 0 Å². The second kappa shape index (κ2) is 5.57. The predicted molar refractivity (Wildman–Crippen MR) is 58.7 cm³/mol. The lowest BCUT2D eigenvalue weighted by molar-refractivity contribution is 0.738. The molecule has 1 nitrogen and oxygen atoms in total. The van der Waals surface area contributed by atoms with Crippen LogP contribution < -0.4 is 5.73 Å². The summed E-state index contributed by atoms with van der Waals surface area (Å²) in [7, 11) is 0. The first-order valence-corrected chi connectivity index (χ1v) is 4.48. The molecule has 0 amide bonds. The van der Waals surface area contributed by atoms with Gasteiger partial charge in [-0.25, -0.2) is 0 Å². The first kappa shape index (κ1) is 11.9. The number of benzene rings is 1. The summed E-state index contributed by atoms with van der Waals surface area (Å²) in [4.78, 5) is 0. The van der Waals surface area contributed by atoms with Crippen LogP contribution in [0.4, 0.5) is 0 Å². The summed E-state index contributed by atoms with van der Waals surface area (Å²) in [5.41, 5.74) is 6.95. The highest BCUT2D eigenvalue weighted by atomic mass is 79.9. The molecule has 0 aliphatic carbocycles. The topological polar surface area (TPSA) is 26.0 Å². The smallest absolute Gasteiger partial charge is 0.0178 e. The molecule has 0 bridgehead atoms. The van der Waals surface area contributed by atoms with Crippen LogP contribution in [0.3, 0.4) is 0 Å². The van der Waals surface area contributed by atoms with Crippen molar-refractivity contribution < 1.29 is 0 Å². The molecule has 3 heteroatoms. The normalized spacial score (nSPS) is 11.9. The molecule has 1 aromatic rings. The van der Waals surface area contributed by atoms with E-state index < -0.39 is 0 Å². The van der Waals surface area contributed by atoms with E-state index in [-0.39, 0.29) is 18.4 Å². The van der Waals surface area contributed by atoms with E-state index in [9.17, 15) is 0 Å². The first-order valence-electron chi connectivity index (χ1n) is 3.68. The molecule has 0 fully saturated rings. The highest BCUT2D eigenvalue weighted by Crippen LogP contribution is 2.12. The van der Waals surface area contributed by atoms with Crippen molar-refractivity contribution in [1.82, 2.24) is 0 Å². The van der Waals surface area contributed by atoms with E-state index in [0.29, 0.717) is 0 Å². The van der Waals surface area contributed by atoms with E-state index in [1.807, 2.05) is 19.1 Å².